The molecule has 26 nitrogen and oxygen atoms in total. The van der Waals surface area contributed by atoms with Crippen LogP contribution in [0.15, 0.2) is 18.2 Å². The molecular formula is C73H110ClF3N12O14. The summed E-state index contributed by atoms with van der Waals surface area (Å²) in [7, 11) is 8.52. The fraction of sp³-hybridized carbons (Fsp3) is 0.753. The van der Waals surface area contributed by atoms with Crippen molar-refractivity contribution in [2.24, 2.45) is 17.8 Å². The number of benzene rings is 1. The van der Waals surface area contributed by atoms with Crippen LogP contribution < -0.4 is 16.0 Å². The highest BCUT2D eigenvalue weighted by Crippen LogP contribution is 2.39. The molecule has 2 unspecified atom stereocenters. The van der Waals surface area contributed by atoms with Crippen LogP contribution in [0.3, 0.4) is 0 Å². The molecule has 574 valence electrons. The van der Waals surface area contributed by atoms with E-state index < -0.39 is 172 Å². The number of ether oxygens (including phenoxy) is 2. The summed E-state index contributed by atoms with van der Waals surface area (Å²) in [5, 5.41) is 8.17. The Morgan fingerprint density at radius 3 is 1.93 bits per heavy atom. The quantitative estimate of drug-likeness (QED) is 0.211. The number of halogens is 4. The van der Waals surface area contributed by atoms with Crippen molar-refractivity contribution in [2.45, 2.75) is 248 Å². The summed E-state index contributed by atoms with van der Waals surface area (Å²) in [6, 6.07) is -8.95. The number of hydrogen-bond donors (Lipinski definition) is 3. The lowest BCUT2D eigenvalue weighted by Gasteiger charge is -2.45. The van der Waals surface area contributed by atoms with Gasteiger partial charge in [0.05, 0.1) is 55.5 Å². The summed E-state index contributed by atoms with van der Waals surface area (Å²) in [6.07, 6.45) is 1.58. The molecule has 12 atom stereocenters. The van der Waals surface area contributed by atoms with E-state index in [1.807, 2.05) is 27.7 Å². The maximum Gasteiger partial charge on any atom is 0.417 e. The number of rotatable bonds is 14. The predicted molar refractivity (Wildman–Crippen MR) is 375 cm³/mol. The summed E-state index contributed by atoms with van der Waals surface area (Å²) in [5.41, 5.74) is -2.39. The minimum absolute atomic E-state index is 0.0193. The van der Waals surface area contributed by atoms with Crippen LogP contribution in [0.1, 0.15) is 175 Å². The number of likely N-dealkylation sites (N-methyl/N-ethyl adjacent to an activating group) is 6. The maximum atomic E-state index is 15.9. The standard InChI is InChI=1S/C73H110ClF3N12O14/c1-13-36-102-42-57-66(96)81(7)39-58(90)78-52(29-25-46-24-28-50(51(74)37-46)73(75,76)77)65(95)87-34-19-22-54(87)63(93)80-72(32-17-18-33-72)71(101)86(12)61(47-20-15-16-21-47)70(100)84(10)56(68(98)89-48-26-27-49(89)41-103-40-48)38-59(91)83(9)53(30-23-43(3)4)62(92)79-60(44(5)14-2)69(99)82(8)45(6)64(94)88-35-31-55(88)67(97)85(57)11/h24,28,37,43-45,47-49,52-57,60-61H,13-23,25-27,29-36,38-42H2,1-12H3,(H,78,90)(H,79,92)(H,80,93)/t44-,45-,48?,49?,52-,53-,54-,55-,56-,57-,60-,61-/m0/s1. The molecule has 1 spiro atoms. The van der Waals surface area contributed by atoms with Gasteiger partial charge in [0.1, 0.15) is 59.9 Å². The van der Waals surface area contributed by atoms with E-state index in [-0.39, 0.29) is 108 Å². The van der Waals surface area contributed by atoms with Gasteiger partial charge in [0.25, 0.3) is 0 Å². The van der Waals surface area contributed by atoms with Gasteiger partial charge >= 0.3 is 6.18 Å². The van der Waals surface area contributed by atoms with Crippen LogP contribution in [0.5, 0.6) is 0 Å². The fourth-order valence-electron chi connectivity index (χ4n) is 16.0. The zero-order chi connectivity index (χ0) is 75.7. The van der Waals surface area contributed by atoms with Crippen molar-refractivity contribution >= 4 is 82.5 Å². The molecule has 7 aliphatic rings. The van der Waals surface area contributed by atoms with Crippen LogP contribution in [0.25, 0.3) is 0 Å². The number of carbonyl (C=O) groups is 12. The van der Waals surface area contributed by atoms with Crippen molar-refractivity contribution < 1.29 is 80.2 Å². The molecule has 5 heterocycles. The number of hydrogen-bond acceptors (Lipinski definition) is 14. The fourth-order valence-corrected chi connectivity index (χ4v) is 16.3. The van der Waals surface area contributed by atoms with Gasteiger partial charge < -0.3 is 69.5 Å². The van der Waals surface area contributed by atoms with E-state index >= 15 is 33.6 Å². The highest BCUT2D eigenvalue weighted by molar-refractivity contribution is 6.31. The lowest BCUT2D eigenvalue weighted by atomic mass is 9.90. The Bertz CT molecular complexity index is 3260. The SMILES string of the molecule is CCCOC[C@H]1C(=O)N(C)CC(=O)N[C@@H](CCc2ccc(C(F)(F)F)c(Cl)c2)C(=O)N2CCC[C@H]2C(=O)NC2(CCCC2)C(=O)N(C)[C@@H](C2CCCC2)C(=O)N(C)[C@H](C(=O)N2C3CCC2COC3)CC(=O)N(C)[C@@H](CCC(C)C)C(=O)N[C@@H]([C@@H](C)CC)C(=O)N(C)[C@@H](C)C(=O)N2CC[C@H]2C(=O)N1C. The second-order valence-electron chi connectivity index (χ2n) is 30.2. The van der Waals surface area contributed by atoms with Gasteiger partial charge in [-0.15, -0.1) is 0 Å². The van der Waals surface area contributed by atoms with Crippen LogP contribution in [0, 0.1) is 17.8 Å². The van der Waals surface area contributed by atoms with Gasteiger partial charge in [-0.25, -0.2) is 0 Å². The van der Waals surface area contributed by atoms with E-state index in [1.165, 1.54) is 84.7 Å². The van der Waals surface area contributed by atoms with Crippen molar-refractivity contribution in [1.29, 1.82) is 0 Å². The monoisotopic (exact) mass is 1470 g/mol. The number of amides is 12. The van der Waals surface area contributed by atoms with Crippen molar-refractivity contribution in [1.82, 2.24) is 60.0 Å². The zero-order valence-electron chi connectivity index (χ0n) is 62.2. The van der Waals surface area contributed by atoms with E-state index in [2.05, 4.69) is 16.0 Å². The van der Waals surface area contributed by atoms with E-state index in [0.29, 0.717) is 64.2 Å². The maximum absolute atomic E-state index is 15.9. The Kier molecular flexibility index (Phi) is 27.9. The lowest BCUT2D eigenvalue weighted by Crippen LogP contribution is -2.65. The summed E-state index contributed by atoms with van der Waals surface area (Å²) in [6.45, 7) is 10.7. The Labute approximate surface area is 608 Å². The third-order valence-corrected chi connectivity index (χ3v) is 23.2. The molecule has 2 saturated carbocycles. The van der Waals surface area contributed by atoms with Crippen molar-refractivity contribution in [2.75, 3.05) is 88.3 Å². The Balaban J connectivity index is 1.19. The predicted octanol–water partition coefficient (Wildman–Crippen LogP) is 4.79. The number of morpholine rings is 1. The van der Waals surface area contributed by atoms with E-state index in [9.17, 15) is 37.1 Å². The third kappa shape index (κ3) is 18.6. The molecule has 103 heavy (non-hydrogen) atoms. The Morgan fingerprint density at radius 2 is 1.34 bits per heavy atom. The average Bonchev–Trinajstić information content (AvgIpc) is 1.74. The summed E-state index contributed by atoms with van der Waals surface area (Å²) in [5.74, 6) is -8.81. The molecule has 0 radical (unpaired) electrons. The first kappa shape index (κ1) is 81.5. The molecular weight excluding hydrogens is 1360 g/mol. The zero-order valence-corrected chi connectivity index (χ0v) is 62.9. The molecule has 7 fully saturated rings. The normalized spacial score (nSPS) is 29.0. The number of nitrogens with one attached hydrogen (secondary N) is 3. The first-order chi connectivity index (χ1) is 48.7. The first-order valence-electron chi connectivity index (χ1n) is 37.1. The van der Waals surface area contributed by atoms with Crippen LogP contribution in [0.4, 0.5) is 13.2 Å². The van der Waals surface area contributed by atoms with Gasteiger partial charge in [0.2, 0.25) is 70.9 Å². The third-order valence-electron chi connectivity index (χ3n) is 22.9. The molecule has 2 bridgehead atoms. The van der Waals surface area contributed by atoms with E-state index in [0.717, 1.165) is 34.8 Å². The number of fused-ring (bicyclic) bond motifs is 4. The van der Waals surface area contributed by atoms with Crippen molar-refractivity contribution in [3.8, 4) is 0 Å². The first-order valence-corrected chi connectivity index (χ1v) is 37.5. The van der Waals surface area contributed by atoms with E-state index in [1.54, 1.807) is 11.8 Å². The molecule has 2 aliphatic carbocycles. The largest absolute Gasteiger partial charge is 0.417 e. The summed E-state index contributed by atoms with van der Waals surface area (Å²) in [4.78, 5) is 193. The number of aryl methyl sites for hydroxylation is 1. The van der Waals surface area contributed by atoms with Gasteiger partial charge in [-0.05, 0) is 132 Å². The molecule has 8 rings (SSSR count). The molecule has 5 saturated heterocycles. The molecule has 0 aromatic heterocycles. The molecule has 1 aromatic rings. The molecule has 1 aromatic carbocycles. The number of carbonyl (C=O) groups excluding carboxylic acids is 12. The molecule has 5 aliphatic heterocycles. The summed E-state index contributed by atoms with van der Waals surface area (Å²) < 4.78 is 53.4. The van der Waals surface area contributed by atoms with Gasteiger partial charge in [0.15, 0.2) is 0 Å². The Hall–Kier alpha value is -7.14. The van der Waals surface area contributed by atoms with E-state index in [4.69, 9.17) is 21.1 Å². The minimum Gasteiger partial charge on any atom is -0.379 e. The van der Waals surface area contributed by atoms with Crippen molar-refractivity contribution in [3.05, 3.63) is 34.3 Å². The molecule has 12 amide bonds. The molecule has 30 heteroatoms. The Morgan fingerprint density at radius 1 is 0.689 bits per heavy atom. The van der Waals surface area contributed by atoms with Crippen LogP contribution in [0.2, 0.25) is 5.02 Å². The second-order valence-corrected chi connectivity index (χ2v) is 30.6. The van der Waals surface area contributed by atoms with Crippen LogP contribution >= 0.6 is 11.6 Å². The molecule has 3 N–H and O–H groups in total. The highest BCUT2D eigenvalue weighted by Gasteiger charge is 2.53. The highest BCUT2D eigenvalue weighted by atomic mass is 35.5. The lowest BCUT2D eigenvalue weighted by molar-refractivity contribution is -0.161. The number of alkyl halides is 3. The van der Waals surface area contributed by atoms with Gasteiger partial charge in [-0.2, -0.15) is 13.2 Å². The number of nitrogens with zero attached hydrogens (tertiary/aromatic N) is 9. The van der Waals surface area contributed by atoms with Gasteiger partial charge in [-0.1, -0.05) is 84.4 Å². The van der Waals surface area contributed by atoms with Crippen LogP contribution in [-0.4, -0.2) is 275 Å². The summed E-state index contributed by atoms with van der Waals surface area (Å²) >= 11 is 6.16. The minimum atomic E-state index is -4.77. The second kappa shape index (κ2) is 35.3. The van der Waals surface area contributed by atoms with Crippen molar-refractivity contribution in [3.63, 3.8) is 0 Å². The van der Waals surface area contributed by atoms with Gasteiger partial charge in [-0.3, -0.25) is 57.5 Å². The average molecular weight is 1470 g/mol. The topological polar surface area (TPSA) is 289 Å². The van der Waals surface area contributed by atoms with Gasteiger partial charge in [0, 0.05) is 62.0 Å². The van der Waals surface area contributed by atoms with Crippen LogP contribution in [-0.2, 0) is 79.6 Å². The smallest absolute Gasteiger partial charge is 0.379 e.